The molecule has 1 rings (SSSR count). The third-order valence-electron chi connectivity index (χ3n) is 2.95. The molecule has 1 amide bonds. The van der Waals surface area contributed by atoms with Gasteiger partial charge in [-0.3, -0.25) is 4.79 Å². The van der Waals surface area contributed by atoms with Crippen LogP contribution in [0.4, 0.5) is 0 Å². The van der Waals surface area contributed by atoms with Crippen molar-refractivity contribution in [3.63, 3.8) is 0 Å². The van der Waals surface area contributed by atoms with E-state index in [0.29, 0.717) is 13.0 Å². The minimum absolute atomic E-state index is 0.00331. The van der Waals surface area contributed by atoms with Crippen LogP contribution in [0.5, 0.6) is 0 Å². The number of sulfone groups is 1. The van der Waals surface area contributed by atoms with Crippen LogP contribution in [-0.2, 0) is 14.6 Å². The molecule has 0 bridgehead atoms. The summed E-state index contributed by atoms with van der Waals surface area (Å²) in [4.78, 5) is 11.8. The van der Waals surface area contributed by atoms with Gasteiger partial charge in [-0.15, -0.1) is 0 Å². The van der Waals surface area contributed by atoms with Gasteiger partial charge in [-0.25, -0.2) is 8.42 Å². The molecule has 1 aliphatic heterocycles. The fourth-order valence-electron chi connectivity index (χ4n) is 1.99. The van der Waals surface area contributed by atoms with Crippen molar-refractivity contribution >= 4 is 15.7 Å². The van der Waals surface area contributed by atoms with Gasteiger partial charge in [0.1, 0.15) is 0 Å². The highest BCUT2D eigenvalue weighted by Gasteiger charge is 2.27. The van der Waals surface area contributed by atoms with Crippen LogP contribution in [0.15, 0.2) is 0 Å². The molecule has 1 fully saturated rings. The average molecular weight is 278 g/mol. The van der Waals surface area contributed by atoms with Crippen LogP contribution in [0.25, 0.3) is 0 Å². The lowest BCUT2D eigenvalue weighted by Gasteiger charge is -2.28. The maximum absolute atomic E-state index is 11.8. The zero-order chi connectivity index (χ0) is 13.8. The Balaban J connectivity index is 2.45. The van der Waals surface area contributed by atoms with Crippen molar-refractivity contribution in [2.45, 2.75) is 38.3 Å². The summed E-state index contributed by atoms with van der Waals surface area (Å²) in [5.41, 5.74) is -0.473. The van der Waals surface area contributed by atoms with Gasteiger partial charge in [-0.1, -0.05) is 0 Å². The molecule has 1 saturated heterocycles. The Morgan fingerprint density at radius 2 is 2.17 bits per heavy atom. The molecule has 0 spiro atoms. The van der Waals surface area contributed by atoms with Crippen molar-refractivity contribution < 1.29 is 18.3 Å². The predicted octanol–water partition coefficient (Wildman–Crippen LogP) is -0.960. The van der Waals surface area contributed by atoms with E-state index in [0.717, 1.165) is 0 Å². The number of carbonyl (C=O) groups excluding carboxylic acids is 1. The minimum Gasteiger partial charge on any atom is -0.396 e. The van der Waals surface area contributed by atoms with Crippen LogP contribution in [-0.4, -0.2) is 55.7 Å². The van der Waals surface area contributed by atoms with Gasteiger partial charge in [0.05, 0.1) is 11.5 Å². The van der Waals surface area contributed by atoms with E-state index >= 15 is 0 Å². The van der Waals surface area contributed by atoms with Crippen molar-refractivity contribution in [2.24, 2.45) is 0 Å². The molecular formula is C11H22N2O4S. The summed E-state index contributed by atoms with van der Waals surface area (Å²) >= 11 is 0. The number of hydrogen-bond donors (Lipinski definition) is 3. The van der Waals surface area contributed by atoms with Crippen molar-refractivity contribution in [2.75, 3.05) is 24.7 Å². The summed E-state index contributed by atoms with van der Waals surface area (Å²) in [5, 5.41) is 14.7. The second kappa shape index (κ2) is 5.99. The molecule has 1 unspecified atom stereocenters. The van der Waals surface area contributed by atoms with Crippen molar-refractivity contribution in [1.29, 1.82) is 0 Å². The number of rotatable bonds is 5. The zero-order valence-corrected chi connectivity index (χ0v) is 11.7. The van der Waals surface area contributed by atoms with Gasteiger partial charge >= 0.3 is 0 Å². The summed E-state index contributed by atoms with van der Waals surface area (Å²) in [7, 11) is -3.01. The first-order valence-electron chi connectivity index (χ1n) is 6.10. The average Bonchev–Trinajstić information content (AvgIpc) is 2.13. The first-order chi connectivity index (χ1) is 8.24. The second-order valence-electron chi connectivity index (χ2n) is 5.38. The number of nitrogens with one attached hydrogen (secondary N) is 2. The monoisotopic (exact) mass is 278 g/mol. The quantitative estimate of drug-likeness (QED) is 0.602. The summed E-state index contributed by atoms with van der Waals surface area (Å²) in [6.07, 6.45) is 0.614. The first kappa shape index (κ1) is 15.4. The van der Waals surface area contributed by atoms with Crippen molar-refractivity contribution in [3.8, 4) is 0 Å². The molecule has 6 nitrogen and oxygen atoms in total. The Labute approximate surface area is 108 Å². The lowest BCUT2D eigenvalue weighted by Crippen LogP contribution is -2.50. The van der Waals surface area contributed by atoms with Gasteiger partial charge in [0.25, 0.3) is 0 Å². The Kier molecular flexibility index (Phi) is 5.12. The maximum atomic E-state index is 11.8. The van der Waals surface area contributed by atoms with Crippen LogP contribution in [0.1, 0.15) is 26.7 Å². The predicted molar refractivity (Wildman–Crippen MR) is 69.0 cm³/mol. The summed E-state index contributed by atoms with van der Waals surface area (Å²) in [6, 6.07) is -0.311. The third kappa shape index (κ3) is 5.32. The Morgan fingerprint density at radius 1 is 1.50 bits per heavy atom. The molecule has 1 aliphatic rings. The molecular weight excluding hydrogens is 256 g/mol. The summed E-state index contributed by atoms with van der Waals surface area (Å²) in [6.45, 7) is 4.06. The van der Waals surface area contributed by atoms with E-state index in [-0.39, 0.29) is 36.5 Å². The van der Waals surface area contributed by atoms with Gasteiger partial charge in [0, 0.05) is 31.2 Å². The molecule has 0 aromatic carbocycles. The molecule has 0 radical (unpaired) electrons. The highest BCUT2D eigenvalue weighted by molar-refractivity contribution is 7.91. The van der Waals surface area contributed by atoms with Gasteiger partial charge in [-0.05, 0) is 20.3 Å². The van der Waals surface area contributed by atoms with Crippen LogP contribution >= 0.6 is 0 Å². The van der Waals surface area contributed by atoms with E-state index in [2.05, 4.69) is 10.6 Å². The standard InChI is InChI=1S/C11H22N2O4S/c1-11(2,3-5-14)13-10(15)7-9-8-18(16,17)6-4-12-9/h9,12,14H,3-8H2,1-2H3,(H,13,15). The molecule has 1 heterocycles. The molecule has 0 aromatic rings. The van der Waals surface area contributed by atoms with Gasteiger partial charge in [0.15, 0.2) is 9.84 Å². The minimum atomic E-state index is -3.01. The van der Waals surface area contributed by atoms with Crippen molar-refractivity contribution in [3.05, 3.63) is 0 Å². The number of aliphatic hydroxyl groups excluding tert-OH is 1. The maximum Gasteiger partial charge on any atom is 0.222 e. The molecule has 106 valence electrons. The summed E-state index contributed by atoms with van der Waals surface area (Å²) < 4.78 is 22.9. The lowest BCUT2D eigenvalue weighted by atomic mass is 10.0. The molecule has 18 heavy (non-hydrogen) atoms. The van der Waals surface area contributed by atoms with E-state index < -0.39 is 15.4 Å². The first-order valence-corrected chi connectivity index (χ1v) is 7.92. The van der Waals surface area contributed by atoms with E-state index in [1.165, 1.54) is 0 Å². The normalized spacial score (nSPS) is 23.6. The second-order valence-corrected chi connectivity index (χ2v) is 7.60. The van der Waals surface area contributed by atoms with Gasteiger partial charge in [0.2, 0.25) is 5.91 Å². The highest BCUT2D eigenvalue weighted by Crippen LogP contribution is 2.10. The van der Waals surface area contributed by atoms with E-state index in [4.69, 9.17) is 5.11 Å². The molecule has 0 saturated carbocycles. The Morgan fingerprint density at radius 3 is 2.72 bits per heavy atom. The Hall–Kier alpha value is -0.660. The van der Waals surface area contributed by atoms with Crippen LogP contribution in [0.3, 0.4) is 0 Å². The summed E-state index contributed by atoms with van der Waals surface area (Å²) in [5.74, 6) is -0.0369. The number of carbonyl (C=O) groups is 1. The molecule has 0 aromatic heterocycles. The van der Waals surface area contributed by atoms with E-state index in [9.17, 15) is 13.2 Å². The third-order valence-corrected chi connectivity index (χ3v) is 4.68. The SMILES string of the molecule is CC(C)(CCO)NC(=O)CC1CS(=O)(=O)CCN1. The van der Waals surface area contributed by atoms with Crippen LogP contribution in [0.2, 0.25) is 0 Å². The smallest absolute Gasteiger partial charge is 0.222 e. The molecule has 3 N–H and O–H groups in total. The van der Waals surface area contributed by atoms with E-state index in [1.54, 1.807) is 0 Å². The largest absolute Gasteiger partial charge is 0.396 e. The van der Waals surface area contributed by atoms with Crippen molar-refractivity contribution in [1.82, 2.24) is 10.6 Å². The molecule has 1 atom stereocenters. The van der Waals surface area contributed by atoms with Gasteiger partial charge in [-0.2, -0.15) is 0 Å². The van der Waals surface area contributed by atoms with Crippen LogP contribution < -0.4 is 10.6 Å². The Bertz CT molecular complexity index is 392. The number of amides is 1. The zero-order valence-electron chi connectivity index (χ0n) is 10.9. The topological polar surface area (TPSA) is 95.5 Å². The molecule has 7 heteroatoms. The van der Waals surface area contributed by atoms with Crippen LogP contribution in [0, 0.1) is 0 Å². The molecule has 0 aliphatic carbocycles. The fraction of sp³-hybridized carbons (Fsp3) is 0.909. The number of aliphatic hydroxyl groups is 1. The fourth-order valence-corrected chi connectivity index (χ4v) is 3.44. The van der Waals surface area contributed by atoms with E-state index in [1.807, 2.05) is 13.8 Å². The number of hydrogen-bond acceptors (Lipinski definition) is 5. The van der Waals surface area contributed by atoms with Gasteiger partial charge < -0.3 is 15.7 Å². The lowest BCUT2D eigenvalue weighted by molar-refractivity contribution is -0.123. The highest BCUT2D eigenvalue weighted by atomic mass is 32.2.